The van der Waals surface area contributed by atoms with Crippen LogP contribution in [0.1, 0.15) is 5.56 Å². The van der Waals surface area contributed by atoms with E-state index in [2.05, 4.69) is 4.72 Å². The Morgan fingerprint density at radius 2 is 1.59 bits per heavy atom. The highest BCUT2D eigenvalue weighted by Crippen LogP contribution is 2.35. The quantitative estimate of drug-likeness (QED) is 0.521. The van der Waals surface area contributed by atoms with Crippen molar-refractivity contribution >= 4 is 60.3 Å². The van der Waals surface area contributed by atoms with Gasteiger partial charge in [-0.1, -0.05) is 53.5 Å². The summed E-state index contributed by atoms with van der Waals surface area (Å²) in [5, 5.41) is 0. The van der Waals surface area contributed by atoms with Crippen LogP contribution in [0, 0.1) is 0 Å². The van der Waals surface area contributed by atoms with Gasteiger partial charge in [-0.25, -0.2) is 16.8 Å². The number of hydrogen-bond donors (Lipinski definition) is 1. The number of hydrogen-bond acceptors (Lipinski definition) is 5. The van der Waals surface area contributed by atoms with Gasteiger partial charge in [0.25, 0.3) is 10.0 Å². The number of nitrogens with one attached hydrogen (secondary N) is 1. The molecule has 0 aliphatic heterocycles. The van der Waals surface area contributed by atoms with Gasteiger partial charge in [-0.3, -0.25) is 4.72 Å². The Balaban J connectivity index is 1.78. The lowest BCUT2D eigenvalue weighted by Gasteiger charge is -2.17. The van der Waals surface area contributed by atoms with Crippen molar-refractivity contribution in [2.75, 3.05) is 11.8 Å². The SMILES string of the molecule is CN(Cc1ccccc1)S(=O)(=O)c1ccc(NS(=O)(=O)c2cc(Cl)sc2Cl)cc1. The fourth-order valence-corrected chi connectivity index (χ4v) is 6.89. The van der Waals surface area contributed by atoms with E-state index in [0.29, 0.717) is 0 Å². The lowest BCUT2D eigenvalue weighted by molar-refractivity contribution is 0.467. The van der Waals surface area contributed by atoms with Gasteiger partial charge in [0.1, 0.15) is 9.23 Å². The highest BCUT2D eigenvalue weighted by Gasteiger charge is 2.23. The Morgan fingerprint density at radius 1 is 0.966 bits per heavy atom. The molecule has 0 saturated heterocycles. The minimum absolute atomic E-state index is 0.0456. The molecule has 1 N–H and O–H groups in total. The van der Waals surface area contributed by atoms with Gasteiger partial charge in [0, 0.05) is 19.3 Å². The van der Waals surface area contributed by atoms with E-state index >= 15 is 0 Å². The molecule has 0 atom stereocenters. The molecule has 0 radical (unpaired) electrons. The first kappa shape index (κ1) is 22.1. The number of halogens is 2. The molecule has 11 heteroatoms. The Bertz CT molecular complexity index is 1210. The van der Waals surface area contributed by atoms with E-state index in [-0.39, 0.29) is 30.7 Å². The van der Waals surface area contributed by atoms with E-state index < -0.39 is 20.0 Å². The van der Waals surface area contributed by atoms with Crippen molar-refractivity contribution in [3.8, 4) is 0 Å². The summed E-state index contributed by atoms with van der Waals surface area (Å²) < 4.78 is 54.3. The summed E-state index contributed by atoms with van der Waals surface area (Å²) in [7, 11) is -6.19. The zero-order chi connectivity index (χ0) is 21.2. The van der Waals surface area contributed by atoms with Crippen molar-refractivity contribution in [1.29, 1.82) is 0 Å². The molecule has 3 aromatic rings. The van der Waals surface area contributed by atoms with Crippen molar-refractivity contribution in [3.05, 3.63) is 74.9 Å². The third-order valence-electron chi connectivity index (χ3n) is 3.98. The average Bonchev–Trinajstić information content (AvgIpc) is 3.02. The Labute approximate surface area is 183 Å². The second-order valence-corrected chi connectivity index (χ2v) is 12.0. The van der Waals surface area contributed by atoms with Gasteiger partial charge in [0.05, 0.1) is 9.23 Å². The maximum absolute atomic E-state index is 12.8. The molecule has 1 aromatic heterocycles. The van der Waals surface area contributed by atoms with E-state index in [0.717, 1.165) is 16.9 Å². The number of benzene rings is 2. The van der Waals surface area contributed by atoms with Crippen molar-refractivity contribution < 1.29 is 16.8 Å². The normalized spacial score (nSPS) is 12.3. The van der Waals surface area contributed by atoms with Gasteiger partial charge < -0.3 is 0 Å². The minimum Gasteiger partial charge on any atom is -0.280 e. The van der Waals surface area contributed by atoms with Crippen LogP contribution in [0.15, 0.2) is 70.5 Å². The number of nitrogens with zero attached hydrogens (tertiary/aromatic N) is 1. The van der Waals surface area contributed by atoms with E-state index in [4.69, 9.17) is 23.2 Å². The first-order valence-electron chi connectivity index (χ1n) is 8.17. The molecule has 6 nitrogen and oxygen atoms in total. The fraction of sp³-hybridized carbons (Fsp3) is 0.111. The third-order valence-corrected chi connectivity index (χ3v) is 8.93. The summed E-state index contributed by atoms with van der Waals surface area (Å²) in [5.41, 5.74) is 1.06. The van der Waals surface area contributed by atoms with Crippen molar-refractivity contribution in [2.24, 2.45) is 0 Å². The van der Waals surface area contributed by atoms with Crippen molar-refractivity contribution in [1.82, 2.24) is 4.31 Å². The largest absolute Gasteiger partial charge is 0.280 e. The topological polar surface area (TPSA) is 83.6 Å². The number of anilines is 1. The van der Waals surface area contributed by atoms with E-state index in [1.807, 2.05) is 30.3 Å². The van der Waals surface area contributed by atoms with Gasteiger partial charge >= 0.3 is 0 Å². The second kappa shape index (κ2) is 8.63. The molecular formula is C18H16Cl2N2O4S3. The molecule has 0 aliphatic carbocycles. The number of sulfonamides is 2. The van der Waals surface area contributed by atoms with Crippen LogP contribution in [0.25, 0.3) is 0 Å². The molecule has 29 heavy (non-hydrogen) atoms. The first-order valence-corrected chi connectivity index (χ1v) is 12.7. The highest BCUT2D eigenvalue weighted by atomic mass is 35.5. The molecule has 0 aliphatic rings. The van der Waals surface area contributed by atoms with Gasteiger partial charge in [-0.2, -0.15) is 4.31 Å². The van der Waals surface area contributed by atoms with Gasteiger partial charge in [-0.15, -0.1) is 11.3 Å². The van der Waals surface area contributed by atoms with Crippen molar-refractivity contribution in [3.63, 3.8) is 0 Å². The fourth-order valence-electron chi connectivity index (χ4n) is 2.52. The van der Waals surface area contributed by atoms with Crippen LogP contribution in [0.2, 0.25) is 8.67 Å². The minimum atomic E-state index is -3.94. The van der Waals surface area contributed by atoms with Crippen molar-refractivity contribution in [2.45, 2.75) is 16.3 Å². The zero-order valence-corrected chi connectivity index (χ0v) is 19.0. The van der Waals surface area contributed by atoms with Crippen LogP contribution in [0.3, 0.4) is 0 Å². The smallest absolute Gasteiger partial charge is 0.264 e. The maximum Gasteiger partial charge on any atom is 0.264 e. The standard InChI is InChI=1S/C18H16Cl2N2O4S3/c1-22(12-13-5-3-2-4-6-13)29(25,26)15-9-7-14(8-10-15)21-28(23,24)16-11-17(19)27-18(16)20/h2-11,21H,12H2,1H3. The summed E-state index contributed by atoms with van der Waals surface area (Å²) in [5.74, 6) is 0. The molecule has 1 heterocycles. The van der Waals surface area contributed by atoms with Gasteiger partial charge in [0.15, 0.2) is 0 Å². The second-order valence-electron chi connectivity index (χ2n) is 6.07. The lowest BCUT2D eigenvalue weighted by atomic mass is 10.2. The molecular weight excluding hydrogens is 475 g/mol. The molecule has 0 unspecified atom stereocenters. The van der Waals surface area contributed by atoms with Crippen LogP contribution in [-0.4, -0.2) is 28.2 Å². The highest BCUT2D eigenvalue weighted by molar-refractivity contribution is 7.93. The summed E-state index contributed by atoms with van der Waals surface area (Å²) in [6.45, 7) is 0.217. The predicted octanol–water partition coefficient (Wildman–Crippen LogP) is 4.68. The van der Waals surface area contributed by atoms with Crippen LogP contribution in [-0.2, 0) is 26.6 Å². The average molecular weight is 491 g/mol. The van der Waals surface area contributed by atoms with Gasteiger partial charge in [-0.05, 0) is 35.9 Å². The molecule has 3 rings (SSSR count). The first-order chi connectivity index (χ1) is 13.6. The Morgan fingerprint density at radius 3 is 2.14 bits per heavy atom. The number of rotatable bonds is 7. The van der Waals surface area contributed by atoms with Crippen LogP contribution in [0.5, 0.6) is 0 Å². The molecule has 154 valence electrons. The number of thiophene rings is 1. The maximum atomic E-state index is 12.8. The van der Waals surface area contributed by atoms with E-state index in [1.165, 1.54) is 41.7 Å². The molecule has 2 aromatic carbocycles. The van der Waals surface area contributed by atoms with Crippen LogP contribution < -0.4 is 4.72 Å². The molecule has 0 bridgehead atoms. The predicted molar refractivity (Wildman–Crippen MR) is 117 cm³/mol. The van der Waals surface area contributed by atoms with Gasteiger partial charge in [0.2, 0.25) is 10.0 Å². The zero-order valence-electron chi connectivity index (χ0n) is 15.0. The lowest BCUT2D eigenvalue weighted by Crippen LogP contribution is -2.26. The Kier molecular flexibility index (Phi) is 6.57. The molecule has 0 amide bonds. The van der Waals surface area contributed by atoms with Crippen LogP contribution in [0.4, 0.5) is 5.69 Å². The third kappa shape index (κ3) is 5.11. The van der Waals surface area contributed by atoms with E-state index in [9.17, 15) is 16.8 Å². The molecule has 0 saturated carbocycles. The van der Waals surface area contributed by atoms with Crippen LogP contribution >= 0.6 is 34.5 Å². The summed E-state index contributed by atoms with van der Waals surface area (Å²) >= 11 is 12.7. The molecule has 0 fully saturated rings. The Hall–Kier alpha value is -1.62. The summed E-state index contributed by atoms with van der Waals surface area (Å²) in [4.78, 5) is -0.0797. The monoisotopic (exact) mass is 490 g/mol. The van der Waals surface area contributed by atoms with E-state index in [1.54, 1.807) is 0 Å². The summed E-state index contributed by atoms with van der Waals surface area (Å²) in [6.07, 6.45) is 0. The summed E-state index contributed by atoms with van der Waals surface area (Å²) in [6, 6.07) is 15.9. The molecule has 0 spiro atoms.